The first-order valence-corrected chi connectivity index (χ1v) is 6.34. The van der Waals surface area contributed by atoms with E-state index in [1.165, 1.54) is 0 Å². The van der Waals surface area contributed by atoms with Crippen molar-refractivity contribution in [1.82, 2.24) is 0 Å². The third-order valence-electron chi connectivity index (χ3n) is 2.93. The first-order chi connectivity index (χ1) is 9.95. The Kier molecular flexibility index (Phi) is 4.33. The van der Waals surface area contributed by atoms with Crippen molar-refractivity contribution in [1.29, 1.82) is 0 Å². The molecular weight excluding hydrogens is 273 g/mol. The number of aromatic carboxylic acids is 1. The molecule has 0 saturated heterocycles. The normalized spacial score (nSPS) is 10.2. The number of nitrogens with one attached hydrogen (secondary N) is 1. The van der Waals surface area contributed by atoms with Crippen LogP contribution in [0.25, 0.3) is 0 Å². The molecule has 5 heteroatoms. The smallest absolute Gasteiger partial charge is 0.337 e. The number of aryl methyl sites for hydroxylation is 1. The van der Waals surface area contributed by atoms with Crippen LogP contribution in [0.2, 0.25) is 0 Å². The molecule has 0 unspecified atom stereocenters. The molecule has 0 radical (unpaired) electrons. The number of carboxylic acid groups (broad SMARTS) is 1. The van der Waals surface area contributed by atoms with Crippen molar-refractivity contribution >= 4 is 17.6 Å². The number of carboxylic acids is 1. The Bertz CT molecular complexity index is 698. The third-order valence-corrected chi connectivity index (χ3v) is 2.93. The van der Waals surface area contributed by atoms with E-state index in [1.807, 2.05) is 25.1 Å². The van der Waals surface area contributed by atoms with E-state index in [0.29, 0.717) is 0 Å². The minimum atomic E-state index is -1.22. The molecule has 0 aliphatic heterocycles. The summed E-state index contributed by atoms with van der Waals surface area (Å²) in [5.41, 5.74) is 1.65. The highest BCUT2D eigenvalue weighted by Gasteiger charge is 2.13. The van der Waals surface area contributed by atoms with Gasteiger partial charge < -0.3 is 10.4 Å². The second-order valence-corrected chi connectivity index (χ2v) is 4.71. The van der Waals surface area contributed by atoms with E-state index >= 15 is 0 Å². The molecule has 2 aromatic carbocycles. The van der Waals surface area contributed by atoms with Crippen molar-refractivity contribution in [3.63, 3.8) is 0 Å². The molecule has 0 heterocycles. The van der Waals surface area contributed by atoms with Gasteiger partial charge in [-0.25, -0.2) is 9.18 Å². The van der Waals surface area contributed by atoms with Crippen LogP contribution in [0.4, 0.5) is 10.1 Å². The Morgan fingerprint density at radius 3 is 2.62 bits per heavy atom. The molecule has 0 spiro atoms. The predicted molar refractivity (Wildman–Crippen MR) is 76.9 cm³/mol. The van der Waals surface area contributed by atoms with Crippen LogP contribution in [0.1, 0.15) is 21.5 Å². The maximum absolute atomic E-state index is 13.2. The summed E-state index contributed by atoms with van der Waals surface area (Å²) in [6.45, 7) is 1.91. The molecule has 2 aromatic rings. The highest BCUT2D eigenvalue weighted by Crippen LogP contribution is 2.18. The summed E-state index contributed by atoms with van der Waals surface area (Å²) in [4.78, 5) is 23.0. The summed E-state index contributed by atoms with van der Waals surface area (Å²) in [7, 11) is 0. The second kappa shape index (κ2) is 6.17. The number of benzene rings is 2. The maximum Gasteiger partial charge on any atom is 0.337 e. The van der Waals surface area contributed by atoms with Gasteiger partial charge in [-0.1, -0.05) is 29.8 Å². The van der Waals surface area contributed by atoms with Crippen LogP contribution in [0.15, 0.2) is 42.5 Å². The Labute approximate surface area is 121 Å². The van der Waals surface area contributed by atoms with Gasteiger partial charge in [-0.3, -0.25) is 4.79 Å². The lowest BCUT2D eigenvalue weighted by Crippen LogP contribution is -2.17. The number of amides is 1. The van der Waals surface area contributed by atoms with Crippen molar-refractivity contribution in [2.45, 2.75) is 13.3 Å². The van der Waals surface area contributed by atoms with Gasteiger partial charge in [0.05, 0.1) is 17.7 Å². The highest BCUT2D eigenvalue weighted by atomic mass is 19.1. The minimum absolute atomic E-state index is 0.0415. The van der Waals surface area contributed by atoms with Crippen LogP contribution in [0, 0.1) is 12.7 Å². The van der Waals surface area contributed by atoms with Gasteiger partial charge in [0, 0.05) is 0 Å². The molecule has 21 heavy (non-hydrogen) atoms. The summed E-state index contributed by atoms with van der Waals surface area (Å²) in [5, 5.41) is 11.5. The first kappa shape index (κ1) is 14.7. The predicted octanol–water partition coefficient (Wildman–Crippen LogP) is 3.01. The van der Waals surface area contributed by atoms with E-state index in [-0.39, 0.29) is 17.7 Å². The molecule has 0 saturated carbocycles. The molecular formula is C16H14FNO3. The van der Waals surface area contributed by atoms with E-state index in [2.05, 4.69) is 5.32 Å². The Morgan fingerprint density at radius 1 is 1.19 bits per heavy atom. The van der Waals surface area contributed by atoms with Crippen LogP contribution < -0.4 is 5.32 Å². The van der Waals surface area contributed by atoms with E-state index < -0.39 is 17.7 Å². The molecule has 0 atom stereocenters. The highest BCUT2D eigenvalue weighted by molar-refractivity contribution is 6.01. The number of rotatable bonds is 4. The summed E-state index contributed by atoms with van der Waals surface area (Å²) in [6, 6.07) is 10.6. The number of carbonyl (C=O) groups is 2. The number of halogens is 1. The van der Waals surface area contributed by atoms with E-state index in [4.69, 9.17) is 5.11 Å². The summed E-state index contributed by atoms with van der Waals surface area (Å²) in [6.07, 6.45) is 0.0945. The van der Waals surface area contributed by atoms with Crippen LogP contribution >= 0.6 is 0 Å². The summed E-state index contributed by atoms with van der Waals surface area (Å²) >= 11 is 0. The zero-order valence-electron chi connectivity index (χ0n) is 11.4. The molecule has 2 N–H and O–H groups in total. The van der Waals surface area contributed by atoms with Gasteiger partial charge in [0.25, 0.3) is 0 Å². The fourth-order valence-corrected chi connectivity index (χ4v) is 2.01. The number of anilines is 1. The van der Waals surface area contributed by atoms with Gasteiger partial charge in [-0.05, 0) is 30.7 Å². The zero-order valence-corrected chi connectivity index (χ0v) is 11.4. The molecule has 4 nitrogen and oxygen atoms in total. The van der Waals surface area contributed by atoms with E-state index in [9.17, 15) is 14.0 Å². The lowest BCUT2D eigenvalue weighted by atomic mass is 10.1. The number of hydrogen-bond donors (Lipinski definition) is 2. The van der Waals surface area contributed by atoms with Crippen LogP contribution in [0.3, 0.4) is 0 Å². The molecule has 108 valence electrons. The zero-order chi connectivity index (χ0) is 15.4. The van der Waals surface area contributed by atoms with E-state index in [1.54, 1.807) is 6.07 Å². The standard InChI is InChI=1S/C16H14FNO3/c1-10-3-2-4-11(7-10)8-15(19)18-14-9-12(17)5-6-13(14)16(20)21/h2-7,9H,8H2,1H3,(H,18,19)(H,20,21). The molecule has 1 amide bonds. The molecule has 0 bridgehead atoms. The van der Waals surface area contributed by atoms with Gasteiger partial charge in [-0.2, -0.15) is 0 Å². The van der Waals surface area contributed by atoms with E-state index in [0.717, 1.165) is 29.3 Å². The first-order valence-electron chi connectivity index (χ1n) is 6.34. The average Bonchev–Trinajstić information content (AvgIpc) is 2.38. The van der Waals surface area contributed by atoms with Gasteiger partial charge in [0.2, 0.25) is 5.91 Å². The average molecular weight is 287 g/mol. The largest absolute Gasteiger partial charge is 0.478 e. The van der Waals surface area contributed by atoms with Crippen molar-refractivity contribution in [2.75, 3.05) is 5.32 Å². The minimum Gasteiger partial charge on any atom is -0.478 e. The quantitative estimate of drug-likeness (QED) is 0.908. The summed E-state index contributed by atoms with van der Waals surface area (Å²) < 4.78 is 13.2. The van der Waals surface area contributed by atoms with Crippen molar-refractivity contribution in [3.05, 3.63) is 65.0 Å². The van der Waals surface area contributed by atoms with Crippen molar-refractivity contribution in [3.8, 4) is 0 Å². The molecule has 0 aliphatic carbocycles. The topological polar surface area (TPSA) is 66.4 Å². The van der Waals surface area contributed by atoms with Gasteiger partial charge in [0.1, 0.15) is 5.82 Å². The molecule has 0 aliphatic rings. The number of hydrogen-bond acceptors (Lipinski definition) is 2. The van der Waals surface area contributed by atoms with Crippen LogP contribution in [-0.4, -0.2) is 17.0 Å². The summed E-state index contributed by atoms with van der Waals surface area (Å²) in [5.74, 6) is -2.22. The SMILES string of the molecule is Cc1cccc(CC(=O)Nc2cc(F)ccc2C(=O)O)c1. The monoisotopic (exact) mass is 287 g/mol. The lowest BCUT2D eigenvalue weighted by Gasteiger charge is -2.09. The molecule has 0 fully saturated rings. The van der Waals surface area contributed by atoms with Crippen molar-refractivity contribution < 1.29 is 19.1 Å². The Balaban J connectivity index is 2.16. The van der Waals surface area contributed by atoms with Crippen molar-refractivity contribution in [2.24, 2.45) is 0 Å². The fourth-order valence-electron chi connectivity index (χ4n) is 2.01. The third kappa shape index (κ3) is 3.89. The fraction of sp³-hybridized carbons (Fsp3) is 0.125. The Hall–Kier alpha value is -2.69. The van der Waals surface area contributed by atoms with Crippen LogP contribution in [0.5, 0.6) is 0 Å². The van der Waals surface area contributed by atoms with Gasteiger partial charge in [0.15, 0.2) is 0 Å². The second-order valence-electron chi connectivity index (χ2n) is 4.71. The molecule has 2 rings (SSSR count). The molecule has 0 aromatic heterocycles. The van der Waals surface area contributed by atoms with Crippen LogP contribution in [-0.2, 0) is 11.2 Å². The van der Waals surface area contributed by atoms with Gasteiger partial charge >= 0.3 is 5.97 Å². The number of carbonyl (C=O) groups excluding carboxylic acids is 1. The Morgan fingerprint density at radius 2 is 1.95 bits per heavy atom. The maximum atomic E-state index is 13.2. The lowest BCUT2D eigenvalue weighted by molar-refractivity contribution is -0.115. The van der Waals surface area contributed by atoms with Gasteiger partial charge in [-0.15, -0.1) is 0 Å².